The maximum atomic E-state index is 9.85. The Balaban J connectivity index is 0.000000322. The highest BCUT2D eigenvalue weighted by atomic mass is 35.5. The Morgan fingerprint density at radius 1 is 0.561 bits per heavy atom. The van der Waals surface area contributed by atoms with E-state index in [4.69, 9.17) is 58.4 Å². The van der Waals surface area contributed by atoms with Gasteiger partial charge in [-0.15, -0.1) is 10.2 Å². The SMILES string of the molecule is COCCCNc1cc(C)c(C#N)c(NCCCOC)n1.COCCCNc1nc(NCCCOC)c(N=Nc2c(C#N)cnn2-c2ncccn2)c(C)c1C#N.Cc1cc(Cl)nc(Cl)c1C#N.N#Cc1cnn(-c2ncccn2)c1N.[2H-]. The van der Waals surface area contributed by atoms with Gasteiger partial charge in [-0.25, -0.2) is 34.9 Å². The van der Waals surface area contributed by atoms with E-state index in [1.165, 1.54) is 21.8 Å². The fourth-order valence-corrected chi connectivity index (χ4v) is 7.41. The number of hydrogen-bond acceptors (Lipinski definition) is 25. The van der Waals surface area contributed by atoms with E-state index in [2.05, 4.69) is 94.8 Å². The number of rotatable bonds is 24. The second-order valence-corrected chi connectivity index (χ2v) is 17.5. The molecule has 0 saturated carbocycles. The molecule has 428 valence electrons. The number of nitrogens with zero attached hydrogens (tertiary/aromatic N) is 18. The van der Waals surface area contributed by atoms with E-state index in [9.17, 15) is 15.8 Å². The zero-order chi connectivity index (χ0) is 59.7. The number of methoxy groups -OCH3 is 4. The minimum Gasteiger partial charge on any atom is -1.00 e. The summed E-state index contributed by atoms with van der Waals surface area (Å²) in [4.78, 5) is 29.1. The van der Waals surface area contributed by atoms with Crippen molar-refractivity contribution in [1.29, 1.82) is 26.3 Å². The summed E-state index contributed by atoms with van der Waals surface area (Å²) in [6.45, 7) is 10.7. The van der Waals surface area contributed by atoms with Gasteiger partial charge in [0.15, 0.2) is 11.6 Å². The van der Waals surface area contributed by atoms with E-state index >= 15 is 0 Å². The van der Waals surface area contributed by atoms with Crippen molar-refractivity contribution < 1.29 is 20.4 Å². The van der Waals surface area contributed by atoms with Gasteiger partial charge in [0, 0.05) is 111 Å². The Hall–Kier alpha value is -9.50. The van der Waals surface area contributed by atoms with Crippen LogP contribution in [0.5, 0.6) is 0 Å². The Kier molecular flexibility index (Phi) is 28.5. The highest BCUT2D eigenvalue weighted by molar-refractivity contribution is 6.33. The molecule has 7 heterocycles. The highest BCUT2D eigenvalue weighted by Crippen LogP contribution is 2.35. The van der Waals surface area contributed by atoms with Gasteiger partial charge in [-0.05, 0) is 81.8 Å². The summed E-state index contributed by atoms with van der Waals surface area (Å²) in [6.07, 6.45) is 12.3. The van der Waals surface area contributed by atoms with Crippen LogP contribution in [0.15, 0.2) is 71.7 Å². The predicted molar refractivity (Wildman–Crippen MR) is 308 cm³/mol. The van der Waals surface area contributed by atoms with Crippen molar-refractivity contribution in [2.45, 2.75) is 46.5 Å². The number of nitrogens with two attached hydrogens (primary N) is 1. The van der Waals surface area contributed by atoms with Crippen LogP contribution >= 0.6 is 23.2 Å². The first-order valence-electron chi connectivity index (χ1n) is 25.0. The summed E-state index contributed by atoms with van der Waals surface area (Å²) in [6, 6.07) is 17.2. The molecule has 7 aromatic rings. The number of anilines is 5. The summed E-state index contributed by atoms with van der Waals surface area (Å²) in [7, 11) is 6.64. The number of nitrogens with one attached hydrogen (secondary N) is 4. The van der Waals surface area contributed by atoms with E-state index in [-0.39, 0.29) is 29.7 Å². The molecule has 7 aromatic heterocycles. The van der Waals surface area contributed by atoms with Gasteiger partial charge >= 0.3 is 0 Å². The Bertz CT molecular complexity index is 3370. The smallest absolute Gasteiger partial charge is 0.252 e. The zero-order valence-electron chi connectivity index (χ0n) is 47.3. The third-order valence-electron chi connectivity index (χ3n) is 10.9. The molecule has 0 radical (unpaired) electrons. The van der Waals surface area contributed by atoms with E-state index in [1.54, 1.807) is 85.3 Å². The van der Waals surface area contributed by atoms with Crippen LogP contribution in [0, 0.1) is 77.4 Å². The first kappa shape index (κ1) is 65.0. The molecular formula is C53H62Cl2N23O4-. The molecule has 0 unspecified atom stereocenters. The van der Waals surface area contributed by atoms with Gasteiger partial charge in [0.05, 0.1) is 29.1 Å². The fraction of sp³-hybridized carbons (Fsp3) is 0.358. The summed E-state index contributed by atoms with van der Waals surface area (Å²) in [5.41, 5.74) is 10.1. The Labute approximate surface area is 486 Å². The van der Waals surface area contributed by atoms with Crippen LogP contribution in [-0.4, -0.2) is 135 Å². The van der Waals surface area contributed by atoms with Gasteiger partial charge in [0.2, 0.25) is 0 Å². The summed E-state index contributed by atoms with van der Waals surface area (Å²) in [5, 5.41) is 76.1. The number of pyridine rings is 3. The number of halogens is 2. The zero-order valence-corrected chi connectivity index (χ0v) is 47.8. The van der Waals surface area contributed by atoms with Gasteiger partial charge in [0.25, 0.3) is 11.9 Å². The van der Waals surface area contributed by atoms with Crippen LogP contribution in [-0.2, 0) is 18.9 Å². The molecule has 29 heteroatoms. The van der Waals surface area contributed by atoms with Crippen molar-refractivity contribution in [1.82, 2.24) is 54.4 Å². The molecule has 0 spiro atoms. The lowest BCUT2D eigenvalue weighted by Crippen LogP contribution is -2.12. The number of nitrogen functional groups attached to an aromatic ring is 1. The molecule has 0 amide bonds. The lowest BCUT2D eigenvalue weighted by molar-refractivity contribution is 0.197. The van der Waals surface area contributed by atoms with Crippen LogP contribution in [0.4, 0.5) is 40.6 Å². The number of ether oxygens (including phenoxy) is 4. The third-order valence-corrected chi connectivity index (χ3v) is 11.4. The number of aromatic nitrogens is 11. The van der Waals surface area contributed by atoms with E-state index in [0.29, 0.717) is 102 Å². The minimum absolute atomic E-state index is 0. The van der Waals surface area contributed by atoms with Gasteiger partial charge in [-0.3, -0.25) is 0 Å². The van der Waals surface area contributed by atoms with Crippen molar-refractivity contribution in [2.75, 3.05) is 108 Å². The average molecular weight is 1160 g/mol. The van der Waals surface area contributed by atoms with Crippen molar-refractivity contribution >= 4 is 63.8 Å². The number of aryl methyl sites for hydroxylation is 2. The lowest BCUT2D eigenvalue weighted by atomic mass is 10.1. The molecule has 0 fully saturated rings. The first-order chi connectivity index (χ1) is 39.8. The van der Waals surface area contributed by atoms with Crippen molar-refractivity contribution in [2.24, 2.45) is 10.2 Å². The molecular weight excluding hydrogens is 1090 g/mol. The molecule has 0 aliphatic rings. The van der Waals surface area contributed by atoms with Crippen LogP contribution in [0.1, 0.15) is 71.6 Å². The lowest BCUT2D eigenvalue weighted by Gasteiger charge is -2.15. The predicted octanol–water partition coefficient (Wildman–Crippen LogP) is 8.38. The quantitative estimate of drug-likeness (QED) is 0.0215. The molecule has 6 N–H and O–H groups in total. The highest BCUT2D eigenvalue weighted by Gasteiger charge is 2.20. The van der Waals surface area contributed by atoms with Crippen molar-refractivity contribution in [3.63, 3.8) is 0 Å². The number of hydrogen-bond donors (Lipinski definition) is 5. The van der Waals surface area contributed by atoms with Gasteiger partial charge in [0.1, 0.15) is 80.7 Å². The normalized spacial score (nSPS) is 10.2. The molecule has 82 heavy (non-hydrogen) atoms. The molecule has 7 rings (SSSR count). The van der Waals surface area contributed by atoms with Crippen LogP contribution in [0.25, 0.3) is 11.9 Å². The average Bonchev–Trinajstić information content (AvgIpc) is 4.31. The maximum Gasteiger partial charge on any atom is 0.252 e. The molecule has 0 saturated heterocycles. The standard InChI is InChI=1S/C23H27N11O2.C15H24N4O2.C8H6N6.C7H4Cl2N2.H/c1-16-18(14-25)20(26-9-5-11-35-2)31-21(27-10-6-12-36-3)19(16)32-33-22-17(13-24)15-30-34(22)23-28-7-4-8-29-23;1-12-10-14(17-6-4-8-20-2)19-15(13(12)11-16)18-7-5-9-21-3;9-4-6-5-13-14(7(6)10)8-11-2-1-3-12-8;1-4-2-6(8)11-7(9)5(4)3-10;/h4,7-8,15H,5-6,9-12H2,1-3H3,(H2,26,27,31);10H,4-9H2,1-3H3,(H2,17,18,19);1-3,5H,10H2;2H,1H3;/q;;;;-1/i;;;;1+1. The molecule has 0 aliphatic heterocycles. The topological polar surface area (TPSA) is 381 Å². The van der Waals surface area contributed by atoms with Crippen LogP contribution < -0.4 is 27.0 Å². The monoisotopic (exact) mass is 1160 g/mol. The van der Waals surface area contributed by atoms with Crippen LogP contribution in [0.3, 0.4) is 0 Å². The molecule has 0 aliphatic carbocycles. The summed E-state index contributed by atoms with van der Waals surface area (Å²) in [5.74, 6) is 3.30. The number of azo groups is 1. The van der Waals surface area contributed by atoms with Crippen molar-refractivity contribution in [3.8, 4) is 42.2 Å². The maximum absolute atomic E-state index is 9.85. The van der Waals surface area contributed by atoms with Crippen molar-refractivity contribution in [3.05, 3.63) is 116 Å². The van der Waals surface area contributed by atoms with Crippen LogP contribution in [0.2, 0.25) is 10.3 Å². The fourth-order valence-electron chi connectivity index (χ4n) is 6.83. The van der Waals surface area contributed by atoms with Gasteiger partial charge < -0.3 is 47.4 Å². The second kappa shape index (κ2) is 35.9. The molecule has 0 aromatic carbocycles. The van der Waals surface area contributed by atoms with E-state index < -0.39 is 0 Å². The van der Waals surface area contributed by atoms with E-state index in [1.807, 2.05) is 25.1 Å². The Morgan fingerprint density at radius 2 is 1.02 bits per heavy atom. The molecule has 27 nitrogen and oxygen atoms in total. The third kappa shape index (κ3) is 19.7. The molecule has 0 bridgehead atoms. The summed E-state index contributed by atoms with van der Waals surface area (Å²) < 4.78 is 22.9. The first-order valence-corrected chi connectivity index (χ1v) is 25.8. The van der Waals surface area contributed by atoms with Gasteiger partial charge in [-0.1, -0.05) is 23.2 Å². The van der Waals surface area contributed by atoms with Gasteiger partial charge in [-0.2, -0.15) is 45.9 Å². The number of nitriles is 5. The largest absolute Gasteiger partial charge is 1.00 e. The van der Waals surface area contributed by atoms with E-state index in [0.717, 1.165) is 55.7 Å². The minimum atomic E-state index is 0. The Morgan fingerprint density at radius 3 is 1.51 bits per heavy atom. The second-order valence-electron chi connectivity index (χ2n) is 16.7. The summed E-state index contributed by atoms with van der Waals surface area (Å²) >= 11 is 11.2. The molecule has 0 atom stereocenters.